The Hall–Kier alpha value is -1.55. The lowest BCUT2D eigenvalue weighted by atomic mass is 9.89. The average molecular weight is 317 g/mol. The molecule has 2 rings (SSSR count). The molecule has 128 valence electrons. The SMILES string of the molecule is CN=C(NCC1(C)COC1)NC(C)c1ccc(CC(C)C)cc1. The zero-order valence-electron chi connectivity index (χ0n) is 15.1. The minimum atomic E-state index is 0.222. The fraction of sp³-hybridized carbons (Fsp3) is 0.632. The molecule has 1 atom stereocenters. The molecule has 0 radical (unpaired) electrons. The average Bonchev–Trinajstić information content (AvgIpc) is 2.49. The van der Waals surface area contributed by atoms with Gasteiger partial charge in [0, 0.05) is 19.0 Å². The van der Waals surface area contributed by atoms with Gasteiger partial charge in [-0.25, -0.2) is 0 Å². The van der Waals surface area contributed by atoms with Gasteiger partial charge >= 0.3 is 0 Å². The second-order valence-electron chi connectivity index (χ2n) is 7.43. The topological polar surface area (TPSA) is 45.7 Å². The van der Waals surface area contributed by atoms with Crippen LogP contribution in [-0.2, 0) is 11.2 Å². The highest BCUT2D eigenvalue weighted by atomic mass is 16.5. The van der Waals surface area contributed by atoms with E-state index in [-0.39, 0.29) is 11.5 Å². The predicted molar refractivity (Wildman–Crippen MR) is 96.8 cm³/mol. The van der Waals surface area contributed by atoms with Gasteiger partial charge in [-0.3, -0.25) is 4.99 Å². The van der Waals surface area contributed by atoms with Crippen LogP contribution in [0.3, 0.4) is 0 Å². The van der Waals surface area contributed by atoms with Crippen LogP contribution in [0.2, 0.25) is 0 Å². The van der Waals surface area contributed by atoms with Crippen molar-refractivity contribution in [3.05, 3.63) is 35.4 Å². The summed E-state index contributed by atoms with van der Waals surface area (Å²) in [5.41, 5.74) is 2.91. The van der Waals surface area contributed by atoms with Gasteiger partial charge in [-0.05, 0) is 30.4 Å². The third-order valence-electron chi connectivity index (χ3n) is 4.28. The van der Waals surface area contributed by atoms with Crippen molar-refractivity contribution < 1.29 is 4.74 Å². The maximum absolute atomic E-state index is 5.29. The summed E-state index contributed by atoms with van der Waals surface area (Å²) < 4.78 is 5.29. The molecule has 4 nitrogen and oxygen atoms in total. The van der Waals surface area contributed by atoms with Gasteiger partial charge in [0.05, 0.1) is 19.3 Å². The van der Waals surface area contributed by atoms with Crippen molar-refractivity contribution in [2.24, 2.45) is 16.3 Å². The molecule has 1 aliphatic heterocycles. The lowest BCUT2D eigenvalue weighted by Gasteiger charge is -2.38. The van der Waals surface area contributed by atoms with Gasteiger partial charge < -0.3 is 15.4 Å². The van der Waals surface area contributed by atoms with Gasteiger partial charge in [0.15, 0.2) is 5.96 Å². The van der Waals surface area contributed by atoms with Gasteiger partial charge in [0.1, 0.15) is 0 Å². The van der Waals surface area contributed by atoms with Crippen LogP contribution in [0, 0.1) is 11.3 Å². The molecule has 0 aliphatic carbocycles. The monoisotopic (exact) mass is 317 g/mol. The Bertz CT molecular complexity index is 518. The van der Waals surface area contributed by atoms with Gasteiger partial charge in [-0.2, -0.15) is 0 Å². The van der Waals surface area contributed by atoms with Crippen molar-refractivity contribution in [2.75, 3.05) is 26.8 Å². The molecule has 1 aliphatic rings. The quantitative estimate of drug-likeness (QED) is 0.626. The van der Waals surface area contributed by atoms with Crippen LogP contribution in [0.4, 0.5) is 0 Å². The molecular weight excluding hydrogens is 286 g/mol. The highest BCUT2D eigenvalue weighted by molar-refractivity contribution is 5.80. The van der Waals surface area contributed by atoms with E-state index in [4.69, 9.17) is 4.74 Å². The number of nitrogens with zero attached hydrogens (tertiary/aromatic N) is 1. The van der Waals surface area contributed by atoms with Crippen molar-refractivity contribution in [1.29, 1.82) is 0 Å². The Morgan fingerprint density at radius 2 is 1.87 bits per heavy atom. The maximum Gasteiger partial charge on any atom is 0.191 e. The van der Waals surface area contributed by atoms with Crippen molar-refractivity contribution in [3.8, 4) is 0 Å². The molecule has 0 aromatic heterocycles. The fourth-order valence-corrected chi connectivity index (χ4v) is 2.75. The van der Waals surface area contributed by atoms with Crippen molar-refractivity contribution in [2.45, 2.75) is 40.2 Å². The molecule has 2 N–H and O–H groups in total. The summed E-state index contributed by atoms with van der Waals surface area (Å²) in [4.78, 5) is 4.33. The largest absolute Gasteiger partial charge is 0.380 e. The van der Waals surface area contributed by atoms with Crippen LogP contribution in [0.25, 0.3) is 0 Å². The molecule has 0 spiro atoms. The Morgan fingerprint density at radius 3 is 2.35 bits per heavy atom. The van der Waals surface area contributed by atoms with E-state index in [2.05, 4.69) is 67.6 Å². The molecule has 0 saturated carbocycles. The highest BCUT2D eigenvalue weighted by Crippen LogP contribution is 2.25. The van der Waals surface area contributed by atoms with Gasteiger partial charge in [0.25, 0.3) is 0 Å². The number of ether oxygens (including phenoxy) is 1. The van der Waals surface area contributed by atoms with E-state index in [9.17, 15) is 0 Å². The molecular formula is C19H31N3O. The smallest absolute Gasteiger partial charge is 0.191 e. The summed E-state index contributed by atoms with van der Waals surface area (Å²) in [5, 5.41) is 6.87. The first kappa shape index (κ1) is 17.8. The van der Waals surface area contributed by atoms with E-state index >= 15 is 0 Å². The van der Waals surface area contributed by atoms with Crippen LogP contribution >= 0.6 is 0 Å². The molecule has 1 aromatic carbocycles. The normalized spacial score (nSPS) is 18.4. The zero-order valence-corrected chi connectivity index (χ0v) is 15.1. The summed E-state index contributed by atoms with van der Waals surface area (Å²) in [6, 6.07) is 9.11. The first-order valence-corrected chi connectivity index (χ1v) is 8.55. The molecule has 1 unspecified atom stereocenters. The summed E-state index contributed by atoms with van der Waals surface area (Å²) in [5.74, 6) is 1.54. The molecule has 1 saturated heterocycles. The second kappa shape index (κ2) is 7.82. The zero-order chi connectivity index (χ0) is 16.9. The van der Waals surface area contributed by atoms with Crippen LogP contribution in [0.5, 0.6) is 0 Å². The van der Waals surface area contributed by atoms with Gasteiger partial charge in [-0.15, -0.1) is 0 Å². The summed E-state index contributed by atoms with van der Waals surface area (Å²) in [7, 11) is 1.81. The number of aliphatic imine (C=N–C) groups is 1. The van der Waals surface area contributed by atoms with Crippen LogP contribution in [-0.4, -0.2) is 32.8 Å². The second-order valence-corrected chi connectivity index (χ2v) is 7.43. The third-order valence-corrected chi connectivity index (χ3v) is 4.28. The van der Waals surface area contributed by atoms with Crippen molar-refractivity contribution >= 4 is 5.96 Å². The van der Waals surface area contributed by atoms with Crippen molar-refractivity contribution in [3.63, 3.8) is 0 Å². The predicted octanol–water partition coefficient (Wildman–Crippen LogP) is 3.15. The summed E-state index contributed by atoms with van der Waals surface area (Å²) in [6.45, 7) is 11.4. The van der Waals surface area contributed by atoms with Crippen LogP contribution < -0.4 is 10.6 Å². The Labute approximate surface area is 140 Å². The fourth-order valence-electron chi connectivity index (χ4n) is 2.75. The number of guanidine groups is 1. The molecule has 4 heteroatoms. The minimum Gasteiger partial charge on any atom is -0.380 e. The van der Waals surface area contributed by atoms with E-state index < -0.39 is 0 Å². The number of hydrogen-bond acceptors (Lipinski definition) is 2. The number of nitrogens with one attached hydrogen (secondary N) is 2. The lowest BCUT2D eigenvalue weighted by molar-refractivity contribution is -0.0971. The number of benzene rings is 1. The molecule has 0 amide bonds. The third kappa shape index (κ3) is 5.24. The summed E-state index contributed by atoms with van der Waals surface area (Å²) in [6.07, 6.45) is 1.13. The van der Waals surface area contributed by atoms with Gasteiger partial charge in [-0.1, -0.05) is 45.0 Å². The molecule has 23 heavy (non-hydrogen) atoms. The Kier molecular flexibility index (Phi) is 6.05. The minimum absolute atomic E-state index is 0.222. The van der Waals surface area contributed by atoms with E-state index in [1.807, 2.05) is 7.05 Å². The van der Waals surface area contributed by atoms with Crippen LogP contribution in [0.1, 0.15) is 44.9 Å². The van der Waals surface area contributed by atoms with Crippen LogP contribution in [0.15, 0.2) is 29.3 Å². The standard InChI is InChI=1S/C19H31N3O/c1-14(2)10-16-6-8-17(9-7-16)15(3)22-18(20-5)21-11-19(4)12-23-13-19/h6-9,14-15H,10-13H2,1-5H3,(H2,20,21,22). The first-order chi connectivity index (χ1) is 10.9. The van der Waals surface area contributed by atoms with E-state index in [0.717, 1.165) is 32.1 Å². The molecule has 1 aromatic rings. The molecule has 1 fully saturated rings. The molecule has 1 heterocycles. The number of hydrogen-bond donors (Lipinski definition) is 2. The first-order valence-electron chi connectivity index (χ1n) is 8.55. The lowest BCUT2D eigenvalue weighted by Crippen LogP contribution is -2.51. The van der Waals surface area contributed by atoms with E-state index in [1.165, 1.54) is 11.1 Å². The number of rotatable bonds is 6. The van der Waals surface area contributed by atoms with Gasteiger partial charge in [0.2, 0.25) is 0 Å². The van der Waals surface area contributed by atoms with Crippen molar-refractivity contribution in [1.82, 2.24) is 10.6 Å². The highest BCUT2D eigenvalue weighted by Gasteiger charge is 2.33. The molecule has 0 bridgehead atoms. The maximum atomic E-state index is 5.29. The van der Waals surface area contributed by atoms with E-state index in [0.29, 0.717) is 5.92 Å². The Morgan fingerprint density at radius 1 is 1.22 bits per heavy atom. The summed E-state index contributed by atoms with van der Waals surface area (Å²) >= 11 is 0. The Balaban J connectivity index is 1.87. The van der Waals surface area contributed by atoms with E-state index in [1.54, 1.807) is 0 Å².